The van der Waals surface area contributed by atoms with Gasteiger partial charge in [-0.25, -0.2) is 14.6 Å². The van der Waals surface area contributed by atoms with Gasteiger partial charge < -0.3 is 10.6 Å². The number of urea groups is 1. The van der Waals surface area contributed by atoms with Gasteiger partial charge in [-0.05, 0) is 24.3 Å². The van der Waals surface area contributed by atoms with Crippen molar-refractivity contribution >= 4 is 23.8 Å². The van der Waals surface area contributed by atoms with Crippen LogP contribution in [0.2, 0.25) is 0 Å². The molecule has 0 fully saturated rings. The molecular weight excluding hydrogens is 303 g/mol. The number of nitrogens with zero attached hydrogens (tertiary/aromatic N) is 1. The number of halogens is 3. The number of amides is 2. The Labute approximate surface area is 124 Å². The van der Waals surface area contributed by atoms with E-state index in [9.17, 15) is 18.0 Å². The number of alkyl halides is 3. The second kappa shape index (κ2) is 9.14. The Balaban J connectivity index is 0.000000980. The number of rotatable bonds is 1. The number of isocyanates is 1. The molecule has 10 heteroatoms. The van der Waals surface area contributed by atoms with Crippen molar-refractivity contribution in [1.82, 2.24) is 10.6 Å². The first-order valence-electron chi connectivity index (χ1n) is 5.72. The Kier molecular flexibility index (Phi) is 7.94. The van der Waals surface area contributed by atoms with Gasteiger partial charge >= 0.3 is 12.2 Å². The van der Waals surface area contributed by atoms with Gasteiger partial charge in [-0.15, -0.1) is 0 Å². The molecule has 4 N–H and O–H groups in total. The van der Waals surface area contributed by atoms with E-state index in [2.05, 4.69) is 20.9 Å². The summed E-state index contributed by atoms with van der Waals surface area (Å²) in [5, 5.41) is 14.1. The van der Waals surface area contributed by atoms with Crippen LogP contribution in [0.4, 0.5) is 23.7 Å². The van der Waals surface area contributed by atoms with Gasteiger partial charge in [-0.1, -0.05) is 0 Å². The molecule has 0 aliphatic rings. The SMILES string of the molecule is CN=C=O.CNC(=O)NC(=N)Nc1ccc(C(F)(F)F)cc1. The minimum Gasteiger partial charge on any atom is -0.341 e. The van der Waals surface area contributed by atoms with Crippen LogP contribution in [0.1, 0.15) is 5.56 Å². The standard InChI is InChI=1S/C10H11F3N4O.C2H3NO/c1-15-9(18)17-8(14)16-7-4-2-6(3-5-7)10(11,12)13;1-3-2-4/h2-5H,1H3,(H4,14,15,16,17,18);1H3. The number of carbonyl (C=O) groups excluding carboxylic acids is 2. The summed E-state index contributed by atoms with van der Waals surface area (Å²) in [7, 11) is 2.76. The molecule has 1 rings (SSSR count). The minimum atomic E-state index is -4.40. The molecule has 0 heterocycles. The zero-order valence-corrected chi connectivity index (χ0v) is 11.7. The molecule has 0 aromatic heterocycles. The zero-order valence-electron chi connectivity index (χ0n) is 11.7. The van der Waals surface area contributed by atoms with Crippen molar-refractivity contribution in [3.05, 3.63) is 29.8 Å². The summed E-state index contributed by atoms with van der Waals surface area (Å²) in [6.45, 7) is 0. The van der Waals surface area contributed by atoms with Crippen molar-refractivity contribution in [2.45, 2.75) is 6.18 Å². The van der Waals surface area contributed by atoms with Crippen molar-refractivity contribution in [1.29, 1.82) is 5.41 Å². The van der Waals surface area contributed by atoms with Crippen LogP contribution in [0.5, 0.6) is 0 Å². The lowest BCUT2D eigenvalue weighted by Gasteiger charge is -2.10. The predicted molar refractivity (Wildman–Crippen MR) is 74.4 cm³/mol. The van der Waals surface area contributed by atoms with E-state index in [1.165, 1.54) is 32.3 Å². The molecule has 0 spiro atoms. The van der Waals surface area contributed by atoms with Gasteiger partial charge in [0.1, 0.15) is 0 Å². The van der Waals surface area contributed by atoms with Crippen molar-refractivity contribution in [2.24, 2.45) is 4.99 Å². The number of guanidine groups is 1. The second-order valence-corrected chi connectivity index (χ2v) is 3.59. The largest absolute Gasteiger partial charge is 0.416 e. The molecule has 7 nitrogen and oxygen atoms in total. The smallest absolute Gasteiger partial charge is 0.341 e. The van der Waals surface area contributed by atoms with Gasteiger partial charge in [0.2, 0.25) is 12.0 Å². The summed E-state index contributed by atoms with van der Waals surface area (Å²) in [5.74, 6) is -0.339. The molecule has 0 saturated heterocycles. The number of hydrogen-bond donors (Lipinski definition) is 4. The molecule has 0 unspecified atom stereocenters. The topological polar surface area (TPSA) is 106 Å². The average molecular weight is 317 g/mol. The summed E-state index contributed by atoms with van der Waals surface area (Å²) in [6, 6.07) is 3.51. The Bertz CT molecular complexity index is 551. The van der Waals surface area contributed by atoms with Gasteiger partial charge in [0.25, 0.3) is 0 Å². The molecule has 0 aliphatic carbocycles. The minimum absolute atomic E-state index is 0.268. The number of nitrogens with one attached hydrogen (secondary N) is 4. The van der Waals surface area contributed by atoms with Crippen LogP contribution in [0.15, 0.2) is 29.3 Å². The van der Waals surface area contributed by atoms with Crippen molar-refractivity contribution in [3.8, 4) is 0 Å². The third-order valence-electron chi connectivity index (χ3n) is 2.04. The number of carbonyl (C=O) groups is 1. The van der Waals surface area contributed by atoms with Gasteiger partial charge in [-0.3, -0.25) is 10.7 Å². The van der Waals surface area contributed by atoms with Gasteiger partial charge in [0.05, 0.1) is 5.56 Å². The number of aliphatic imine (C=N–C) groups is 1. The van der Waals surface area contributed by atoms with Crippen molar-refractivity contribution in [3.63, 3.8) is 0 Å². The number of hydrogen-bond acceptors (Lipinski definition) is 4. The fourth-order valence-electron chi connectivity index (χ4n) is 1.09. The highest BCUT2D eigenvalue weighted by Gasteiger charge is 2.29. The molecule has 0 bridgehead atoms. The lowest BCUT2D eigenvalue weighted by Crippen LogP contribution is -2.40. The van der Waals surface area contributed by atoms with Crippen molar-refractivity contribution in [2.75, 3.05) is 19.4 Å². The highest BCUT2D eigenvalue weighted by Crippen LogP contribution is 2.29. The summed E-state index contributed by atoms with van der Waals surface area (Å²) >= 11 is 0. The molecule has 2 amide bonds. The lowest BCUT2D eigenvalue weighted by atomic mass is 10.2. The molecule has 0 radical (unpaired) electrons. The molecule has 1 aromatic carbocycles. The Morgan fingerprint density at radius 2 is 1.77 bits per heavy atom. The fourth-order valence-corrected chi connectivity index (χ4v) is 1.09. The summed E-state index contributed by atoms with van der Waals surface area (Å²) < 4.78 is 36.8. The first-order valence-corrected chi connectivity index (χ1v) is 5.72. The first-order chi connectivity index (χ1) is 10.2. The Morgan fingerprint density at radius 1 is 1.27 bits per heavy atom. The van der Waals surface area contributed by atoms with Gasteiger partial charge in [-0.2, -0.15) is 13.2 Å². The van der Waals surface area contributed by atoms with E-state index < -0.39 is 17.8 Å². The fraction of sp³-hybridized carbons (Fsp3) is 0.250. The molecule has 0 aliphatic heterocycles. The van der Waals surface area contributed by atoms with Crippen LogP contribution >= 0.6 is 0 Å². The first kappa shape index (κ1) is 19.1. The summed E-state index contributed by atoms with van der Waals surface area (Å²) in [6.07, 6.45) is -3.09. The third kappa shape index (κ3) is 7.65. The molecule has 0 saturated carbocycles. The maximum Gasteiger partial charge on any atom is 0.416 e. The number of anilines is 1. The Morgan fingerprint density at radius 3 is 2.14 bits per heavy atom. The second-order valence-electron chi connectivity index (χ2n) is 3.59. The van der Waals surface area contributed by atoms with Gasteiger partial charge in [0, 0.05) is 19.8 Å². The maximum atomic E-state index is 12.3. The van der Waals surface area contributed by atoms with Crippen LogP contribution in [0, 0.1) is 5.41 Å². The van der Waals surface area contributed by atoms with E-state index in [4.69, 9.17) is 10.2 Å². The van der Waals surface area contributed by atoms with E-state index in [0.717, 1.165) is 12.1 Å². The highest BCUT2D eigenvalue weighted by atomic mass is 19.4. The highest BCUT2D eigenvalue weighted by molar-refractivity contribution is 6.01. The van der Waals surface area contributed by atoms with E-state index in [1.807, 2.05) is 0 Å². The van der Waals surface area contributed by atoms with Crippen LogP contribution in [-0.4, -0.2) is 32.2 Å². The lowest BCUT2D eigenvalue weighted by molar-refractivity contribution is -0.137. The van der Waals surface area contributed by atoms with Crippen LogP contribution in [0.3, 0.4) is 0 Å². The van der Waals surface area contributed by atoms with Crippen molar-refractivity contribution < 1.29 is 22.8 Å². The zero-order chi connectivity index (χ0) is 17.2. The molecule has 1 aromatic rings. The normalized spacial score (nSPS) is 9.50. The molecular formula is C12H14F3N5O2. The summed E-state index contributed by atoms with van der Waals surface area (Å²) in [4.78, 5) is 22.7. The van der Waals surface area contributed by atoms with Crippen LogP contribution in [0.25, 0.3) is 0 Å². The van der Waals surface area contributed by atoms with E-state index >= 15 is 0 Å². The maximum absolute atomic E-state index is 12.3. The third-order valence-corrected chi connectivity index (χ3v) is 2.04. The summed E-state index contributed by atoms with van der Waals surface area (Å²) in [5.41, 5.74) is -0.511. The van der Waals surface area contributed by atoms with Gasteiger partial charge in [0.15, 0.2) is 0 Å². The van der Waals surface area contributed by atoms with E-state index in [-0.39, 0.29) is 11.6 Å². The average Bonchev–Trinajstić information content (AvgIpc) is 2.46. The van der Waals surface area contributed by atoms with E-state index in [1.54, 1.807) is 0 Å². The molecule has 22 heavy (non-hydrogen) atoms. The predicted octanol–water partition coefficient (Wildman–Crippen LogP) is 1.93. The molecule has 120 valence electrons. The Hall–Kier alpha value is -2.87. The number of benzene rings is 1. The molecule has 0 atom stereocenters. The van der Waals surface area contributed by atoms with E-state index in [0.29, 0.717) is 0 Å². The van der Waals surface area contributed by atoms with Crippen LogP contribution < -0.4 is 16.0 Å². The quantitative estimate of drug-likeness (QED) is 0.361. The monoisotopic (exact) mass is 317 g/mol. The van der Waals surface area contributed by atoms with Crippen LogP contribution in [-0.2, 0) is 11.0 Å².